The highest BCUT2D eigenvalue weighted by atomic mass is 19.1. The predicted octanol–water partition coefficient (Wildman–Crippen LogP) is 2.68. The number of rotatable bonds is 5. The van der Waals surface area contributed by atoms with Crippen LogP contribution in [0.5, 0.6) is 0 Å². The summed E-state index contributed by atoms with van der Waals surface area (Å²) in [6.07, 6.45) is 5.39. The third kappa shape index (κ3) is 2.43. The van der Waals surface area contributed by atoms with Crippen molar-refractivity contribution in [3.63, 3.8) is 0 Å². The zero-order valence-electron chi connectivity index (χ0n) is 10.8. The lowest BCUT2D eigenvalue weighted by Gasteiger charge is -2.13. The fourth-order valence-corrected chi connectivity index (χ4v) is 2.11. The van der Waals surface area contributed by atoms with Crippen molar-refractivity contribution in [2.45, 2.75) is 26.3 Å². The van der Waals surface area contributed by atoms with E-state index in [-0.39, 0.29) is 5.82 Å². The molecule has 18 heavy (non-hydrogen) atoms. The maximum absolute atomic E-state index is 14.1. The first-order valence-electron chi connectivity index (χ1n) is 6.22. The average Bonchev–Trinajstić information content (AvgIpc) is 2.78. The normalized spacial score (nSPS) is 10.8. The second-order valence-corrected chi connectivity index (χ2v) is 4.24. The molecule has 2 aromatic rings. The third-order valence-corrected chi connectivity index (χ3v) is 2.87. The predicted molar refractivity (Wildman–Crippen MR) is 70.3 cm³/mol. The van der Waals surface area contributed by atoms with E-state index >= 15 is 0 Å². The van der Waals surface area contributed by atoms with E-state index in [2.05, 4.69) is 17.2 Å². The fraction of sp³-hybridized carbons (Fsp3) is 0.357. The summed E-state index contributed by atoms with van der Waals surface area (Å²) in [7, 11) is 1.86. The largest absolute Gasteiger partial charge is 0.316 e. The minimum atomic E-state index is -0.210. The molecule has 0 saturated carbocycles. The van der Waals surface area contributed by atoms with Crippen molar-refractivity contribution in [1.82, 2.24) is 14.9 Å². The smallest absolute Gasteiger partial charge is 0.147 e. The Kier molecular flexibility index (Phi) is 4.10. The molecule has 0 saturated heterocycles. The van der Waals surface area contributed by atoms with E-state index in [1.54, 1.807) is 12.3 Å². The van der Waals surface area contributed by atoms with Crippen molar-refractivity contribution in [1.29, 1.82) is 0 Å². The van der Waals surface area contributed by atoms with Crippen LogP contribution in [-0.2, 0) is 13.0 Å². The lowest BCUT2D eigenvalue weighted by molar-refractivity contribution is 0.608. The van der Waals surface area contributed by atoms with Gasteiger partial charge in [-0.05, 0) is 25.1 Å². The number of aromatic nitrogens is 2. The average molecular weight is 247 g/mol. The SMILES string of the molecule is CCCc1nccn1-c1c(F)cccc1CNC. The summed E-state index contributed by atoms with van der Waals surface area (Å²) in [6.45, 7) is 2.73. The van der Waals surface area contributed by atoms with Crippen LogP contribution in [0, 0.1) is 5.82 Å². The molecular formula is C14H18FN3. The van der Waals surface area contributed by atoms with Crippen molar-refractivity contribution >= 4 is 0 Å². The van der Waals surface area contributed by atoms with E-state index in [0.717, 1.165) is 24.2 Å². The molecule has 1 N–H and O–H groups in total. The van der Waals surface area contributed by atoms with Gasteiger partial charge in [-0.15, -0.1) is 0 Å². The van der Waals surface area contributed by atoms with Crippen LogP contribution in [0.15, 0.2) is 30.6 Å². The Morgan fingerprint density at radius 1 is 1.39 bits per heavy atom. The molecule has 0 bridgehead atoms. The van der Waals surface area contributed by atoms with Gasteiger partial charge in [-0.3, -0.25) is 0 Å². The quantitative estimate of drug-likeness (QED) is 0.880. The molecule has 1 aromatic heterocycles. The summed E-state index contributed by atoms with van der Waals surface area (Å²) >= 11 is 0. The van der Waals surface area contributed by atoms with Gasteiger partial charge in [0, 0.05) is 25.4 Å². The first-order chi connectivity index (χ1) is 8.77. The molecule has 0 aliphatic rings. The first kappa shape index (κ1) is 12.8. The first-order valence-corrected chi connectivity index (χ1v) is 6.22. The topological polar surface area (TPSA) is 29.9 Å². The van der Waals surface area contributed by atoms with Gasteiger partial charge >= 0.3 is 0 Å². The van der Waals surface area contributed by atoms with Crippen LogP contribution < -0.4 is 5.32 Å². The highest BCUT2D eigenvalue weighted by Crippen LogP contribution is 2.20. The molecule has 0 spiro atoms. The monoisotopic (exact) mass is 247 g/mol. The zero-order chi connectivity index (χ0) is 13.0. The summed E-state index contributed by atoms with van der Waals surface area (Å²) in [5.41, 5.74) is 1.54. The Morgan fingerprint density at radius 3 is 2.94 bits per heavy atom. The highest BCUT2D eigenvalue weighted by Gasteiger charge is 2.13. The summed E-state index contributed by atoms with van der Waals surface area (Å²) in [6, 6.07) is 5.16. The van der Waals surface area contributed by atoms with Crippen LogP contribution >= 0.6 is 0 Å². The van der Waals surface area contributed by atoms with E-state index in [0.29, 0.717) is 12.2 Å². The summed E-state index contributed by atoms with van der Waals surface area (Å²) in [5, 5.41) is 3.06. The van der Waals surface area contributed by atoms with Gasteiger partial charge in [-0.25, -0.2) is 9.37 Å². The molecule has 0 aliphatic heterocycles. The molecule has 1 heterocycles. The Morgan fingerprint density at radius 2 is 2.22 bits per heavy atom. The van der Waals surface area contributed by atoms with Gasteiger partial charge < -0.3 is 9.88 Å². The number of hydrogen-bond donors (Lipinski definition) is 1. The fourth-order valence-electron chi connectivity index (χ4n) is 2.11. The second-order valence-electron chi connectivity index (χ2n) is 4.24. The van der Waals surface area contributed by atoms with Gasteiger partial charge in [0.2, 0.25) is 0 Å². The van der Waals surface area contributed by atoms with E-state index < -0.39 is 0 Å². The van der Waals surface area contributed by atoms with Crippen LogP contribution in [0.2, 0.25) is 0 Å². The Labute approximate surface area is 107 Å². The lowest BCUT2D eigenvalue weighted by atomic mass is 10.1. The number of imidazole rings is 1. The van der Waals surface area contributed by atoms with Crippen molar-refractivity contribution in [3.8, 4) is 5.69 Å². The summed E-state index contributed by atoms with van der Waals surface area (Å²) in [4.78, 5) is 4.30. The number of benzene rings is 1. The summed E-state index contributed by atoms with van der Waals surface area (Å²) in [5.74, 6) is 0.693. The van der Waals surface area contributed by atoms with Gasteiger partial charge in [-0.1, -0.05) is 19.1 Å². The maximum Gasteiger partial charge on any atom is 0.147 e. The molecule has 3 nitrogen and oxygen atoms in total. The Balaban J connectivity index is 2.51. The Bertz CT molecular complexity index is 520. The standard InChI is InChI=1S/C14H18FN3/c1-3-5-13-17-8-9-18(13)14-11(10-16-2)6-4-7-12(14)15/h4,6-9,16H,3,5,10H2,1-2H3. The minimum absolute atomic E-state index is 0.210. The van der Waals surface area contributed by atoms with Crippen LogP contribution in [0.1, 0.15) is 24.7 Å². The van der Waals surface area contributed by atoms with Crippen LogP contribution in [0.25, 0.3) is 5.69 Å². The molecule has 1 aromatic carbocycles. The van der Waals surface area contributed by atoms with Gasteiger partial charge in [0.05, 0.1) is 5.69 Å². The number of aryl methyl sites for hydroxylation is 1. The van der Waals surface area contributed by atoms with E-state index in [4.69, 9.17) is 0 Å². The van der Waals surface area contributed by atoms with Gasteiger partial charge in [0.25, 0.3) is 0 Å². The lowest BCUT2D eigenvalue weighted by Crippen LogP contribution is -2.12. The van der Waals surface area contributed by atoms with E-state index in [9.17, 15) is 4.39 Å². The minimum Gasteiger partial charge on any atom is -0.316 e. The van der Waals surface area contributed by atoms with Gasteiger partial charge in [0.1, 0.15) is 11.6 Å². The van der Waals surface area contributed by atoms with Crippen LogP contribution in [-0.4, -0.2) is 16.6 Å². The molecule has 0 radical (unpaired) electrons. The molecule has 0 atom stereocenters. The van der Waals surface area contributed by atoms with Crippen molar-refractivity contribution < 1.29 is 4.39 Å². The molecule has 0 aliphatic carbocycles. The molecule has 2 rings (SSSR count). The number of para-hydroxylation sites is 1. The molecule has 96 valence electrons. The van der Waals surface area contributed by atoms with E-state index in [1.165, 1.54) is 6.07 Å². The molecule has 0 amide bonds. The third-order valence-electron chi connectivity index (χ3n) is 2.87. The zero-order valence-corrected chi connectivity index (χ0v) is 10.8. The Hall–Kier alpha value is -1.68. The van der Waals surface area contributed by atoms with Crippen molar-refractivity contribution in [2.75, 3.05) is 7.05 Å². The van der Waals surface area contributed by atoms with Crippen molar-refractivity contribution in [2.24, 2.45) is 0 Å². The number of halogens is 1. The maximum atomic E-state index is 14.1. The summed E-state index contributed by atoms with van der Waals surface area (Å²) < 4.78 is 15.9. The van der Waals surface area contributed by atoms with Crippen LogP contribution in [0.3, 0.4) is 0 Å². The molecule has 4 heteroatoms. The molecular weight excluding hydrogens is 229 g/mol. The molecule has 0 fully saturated rings. The van der Waals surface area contributed by atoms with Gasteiger partial charge in [-0.2, -0.15) is 0 Å². The number of nitrogens with one attached hydrogen (secondary N) is 1. The van der Waals surface area contributed by atoms with Gasteiger partial charge in [0.15, 0.2) is 0 Å². The van der Waals surface area contributed by atoms with Crippen LogP contribution in [0.4, 0.5) is 4.39 Å². The number of hydrogen-bond acceptors (Lipinski definition) is 2. The van der Waals surface area contributed by atoms with Crippen molar-refractivity contribution in [3.05, 3.63) is 47.8 Å². The number of nitrogens with zero attached hydrogens (tertiary/aromatic N) is 2. The molecule has 0 unspecified atom stereocenters. The van der Waals surface area contributed by atoms with E-state index in [1.807, 2.05) is 23.9 Å². The highest BCUT2D eigenvalue weighted by molar-refractivity contribution is 5.43. The second kappa shape index (κ2) is 5.78.